The van der Waals surface area contributed by atoms with Gasteiger partial charge in [0.2, 0.25) is 0 Å². The van der Waals surface area contributed by atoms with Gasteiger partial charge in [0, 0.05) is 33.1 Å². The molecule has 8 atom stereocenters. The number of nitrogens with one attached hydrogen (secondary N) is 1. The molecule has 6 aliphatic rings. The molecule has 3 N–H and O–H groups in total. The van der Waals surface area contributed by atoms with Gasteiger partial charge in [-0.25, -0.2) is 4.98 Å². The third-order valence-corrected chi connectivity index (χ3v) is 14.1. The number of ketones is 1. The summed E-state index contributed by atoms with van der Waals surface area (Å²) in [6.07, 6.45) is 14.1. The number of Topliss-reactive ketones (excluding diaryl/α,β-unsaturated/α-hetero) is 1. The number of aliphatic hydroxyl groups excluding tert-OH is 1. The third kappa shape index (κ3) is 3.72. The fourth-order valence-electron chi connectivity index (χ4n) is 10.6. The van der Waals surface area contributed by atoms with E-state index in [9.17, 15) is 15.0 Å². The molecule has 0 amide bonds. The number of benzene rings is 2. The summed E-state index contributed by atoms with van der Waals surface area (Å²) < 4.78 is 0. The van der Waals surface area contributed by atoms with Crippen molar-refractivity contribution in [2.75, 3.05) is 5.75 Å². The van der Waals surface area contributed by atoms with Crippen LogP contribution in [-0.2, 0) is 0 Å². The number of carbonyl (C=O) groups excluding carboxylic acids is 1. The van der Waals surface area contributed by atoms with Gasteiger partial charge in [0.25, 0.3) is 0 Å². The Kier molecular flexibility index (Phi) is 6.31. The minimum absolute atomic E-state index is 0.0431. The van der Waals surface area contributed by atoms with E-state index in [1.54, 1.807) is 0 Å². The fraction of sp³-hybridized carbons (Fsp3) is 0.486. The van der Waals surface area contributed by atoms with Gasteiger partial charge in [0.1, 0.15) is 6.33 Å². The Labute approximate surface area is 263 Å². The Balaban J connectivity index is 1.22. The van der Waals surface area contributed by atoms with Gasteiger partial charge in [-0.05, 0) is 73.3 Å². The molecule has 3 fully saturated rings. The molecule has 1 unspecified atom stereocenters. The lowest BCUT2D eigenvalue weighted by atomic mass is 9.32. The smallest absolute Gasteiger partial charge is 0.189 e. The largest absolute Gasteiger partial charge is 0.393 e. The summed E-state index contributed by atoms with van der Waals surface area (Å²) in [5.41, 5.74) is 1.74. The van der Waals surface area contributed by atoms with Crippen LogP contribution in [0.3, 0.4) is 0 Å². The average molecular weight is 608 g/mol. The van der Waals surface area contributed by atoms with Crippen molar-refractivity contribution < 1.29 is 15.0 Å². The van der Waals surface area contributed by atoms with Gasteiger partial charge in [0.05, 0.1) is 11.7 Å². The molecule has 3 aromatic rings. The zero-order valence-corrected chi connectivity index (χ0v) is 26.3. The minimum Gasteiger partial charge on any atom is -0.393 e. The van der Waals surface area contributed by atoms with E-state index in [1.807, 2.05) is 30.3 Å². The predicted octanol–water partition coefficient (Wildman–Crippen LogP) is 7.04. The summed E-state index contributed by atoms with van der Waals surface area (Å²) >= 11 is 1.54. The first-order valence-electron chi connectivity index (χ1n) is 16.2. The molecule has 6 nitrogen and oxygen atoms in total. The van der Waals surface area contributed by atoms with Crippen LogP contribution in [0.25, 0.3) is 11.1 Å². The lowest BCUT2D eigenvalue weighted by Gasteiger charge is -2.71. The minimum atomic E-state index is -0.885. The topological polar surface area (TPSA) is 99.1 Å². The van der Waals surface area contributed by atoms with Crippen LogP contribution in [0.1, 0.15) is 69.2 Å². The van der Waals surface area contributed by atoms with E-state index in [2.05, 4.69) is 71.5 Å². The van der Waals surface area contributed by atoms with Crippen LogP contribution in [0, 0.1) is 33.5 Å². The van der Waals surface area contributed by atoms with Gasteiger partial charge in [-0.1, -0.05) is 98.4 Å². The molecule has 2 aromatic carbocycles. The molecule has 2 spiro atoms. The molecule has 9 rings (SSSR count). The first-order chi connectivity index (χ1) is 21.1. The van der Waals surface area contributed by atoms with Crippen molar-refractivity contribution in [3.63, 3.8) is 0 Å². The lowest BCUT2D eigenvalue weighted by molar-refractivity contribution is -0.166. The summed E-state index contributed by atoms with van der Waals surface area (Å²) in [5.74, 6) is 1.05. The van der Waals surface area contributed by atoms with E-state index >= 15 is 0 Å². The number of aromatic nitrogens is 3. The number of aliphatic hydroxyl groups is 2. The second kappa shape index (κ2) is 9.75. The molecule has 44 heavy (non-hydrogen) atoms. The van der Waals surface area contributed by atoms with Crippen LogP contribution >= 0.6 is 11.8 Å². The number of rotatable bonds is 6. The highest BCUT2D eigenvalue weighted by molar-refractivity contribution is 7.99. The first-order valence-corrected chi connectivity index (χ1v) is 17.2. The molecular formula is C37H41N3O3S. The summed E-state index contributed by atoms with van der Waals surface area (Å²) in [4.78, 5) is 19.1. The molecule has 6 aliphatic carbocycles. The number of hydrogen-bond donors (Lipinski definition) is 3. The lowest BCUT2D eigenvalue weighted by Crippen LogP contribution is -2.67. The summed E-state index contributed by atoms with van der Waals surface area (Å²) in [7, 11) is 0. The maximum absolute atomic E-state index is 14.8. The quantitative estimate of drug-likeness (QED) is 0.158. The van der Waals surface area contributed by atoms with E-state index in [-0.39, 0.29) is 40.0 Å². The molecule has 0 aliphatic heterocycles. The molecule has 0 radical (unpaired) electrons. The predicted molar refractivity (Wildman–Crippen MR) is 172 cm³/mol. The zero-order chi connectivity index (χ0) is 30.4. The van der Waals surface area contributed by atoms with Gasteiger partial charge >= 0.3 is 0 Å². The highest BCUT2D eigenvalue weighted by Crippen LogP contribution is 2.78. The summed E-state index contributed by atoms with van der Waals surface area (Å²) in [6.45, 7) is 4.71. The van der Waals surface area contributed by atoms with Gasteiger partial charge in [-0.15, -0.1) is 0 Å². The molecule has 1 heterocycles. The van der Waals surface area contributed by atoms with Crippen LogP contribution < -0.4 is 0 Å². The highest BCUT2D eigenvalue weighted by atomic mass is 32.2. The van der Waals surface area contributed by atoms with Gasteiger partial charge in [-0.3, -0.25) is 9.89 Å². The Morgan fingerprint density at radius 3 is 2.39 bits per heavy atom. The zero-order valence-electron chi connectivity index (χ0n) is 25.5. The van der Waals surface area contributed by atoms with E-state index < -0.39 is 11.0 Å². The number of allylic oxidation sites excluding steroid dienone is 4. The summed E-state index contributed by atoms with van der Waals surface area (Å²) in [5, 5.41) is 31.0. The number of hydrogen-bond acceptors (Lipinski definition) is 6. The van der Waals surface area contributed by atoms with Crippen LogP contribution in [0.2, 0.25) is 0 Å². The van der Waals surface area contributed by atoms with Crippen LogP contribution in [0.4, 0.5) is 0 Å². The molecule has 3 saturated carbocycles. The Morgan fingerprint density at radius 2 is 1.64 bits per heavy atom. The third-order valence-electron chi connectivity index (χ3n) is 13.1. The molecule has 0 saturated heterocycles. The first kappa shape index (κ1) is 28.5. The Bertz CT molecular complexity index is 1650. The van der Waals surface area contributed by atoms with Crippen molar-refractivity contribution >= 4 is 17.5 Å². The van der Waals surface area contributed by atoms with Crippen LogP contribution in [-0.4, -0.2) is 48.6 Å². The second-order valence-corrected chi connectivity index (χ2v) is 15.6. The van der Waals surface area contributed by atoms with Gasteiger partial charge in [-0.2, -0.15) is 5.10 Å². The van der Waals surface area contributed by atoms with Crippen LogP contribution in [0.15, 0.2) is 89.9 Å². The fourth-order valence-corrected chi connectivity index (χ4v) is 11.7. The van der Waals surface area contributed by atoms with E-state index in [1.165, 1.54) is 18.1 Å². The van der Waals surface area contributed by atoms with Crippen molar-refractivity contribution in [3.8, 4) is 11.1 Å². The Hall–Kier alpha value is -3.00. The highest BCUT2D eigenvalue weighted by Gasteiger charge is 2.74. The normalized spacial score (nSPS) is 40.2. The number of nitrogens with zero attached hydrogens (tertiary/aromatic N) is 2. The number of H-pyrrole nitrogens is 1. The molecule has 2 bridgehead atoms. The number of thioether (sulfide) groups is 1. The molecule has 228 valence electrons. The van der Waals surface area contributed by atoms with Crippen LogP contribution in [0.5, 0.6) is 0 Å². The number of fused-ring (bicyclic) bond motifs is 1. The molecule has 1 aromatic heterocycles. The van der Waals surface area contributed by atoms with E-state index in [0.29, 0.717) is 24.2 Å². The van der Waals surface area contributed by atoms with E-state index in [4.69, 9.17) is 0 Å². The van der Waals surface area contributed by atoms with E-state index in [0.717, 1.165) is 54.0 Å². The SMILES string of the molecule is C[C@]12CC[C@H]3[C@]4(C=C[C@@]5(C=C4C(=O)c4ccc(-c6ccccc6)cc4)CC(O)CC[C@]35C)[C@@H]1CC[C@@]2(O)CSc1ncn[nH]1. The maximum atomic E-state index is 14.8. The second-order valence-electron chi connectivity index (χ2n) is 14.7. The maximum Gasteiger partial charge on any atom is 0.189 e. The van der Waals surface area contributed by atoms with Crippen molar-refractivity contribution in [1.82, 2.24) is 15.2 Å². The average Bonchev–Trinajstić information content (AvgIpc) is 3.66. The monoisotopic (exact) mass is 607 g/mol. The van der Waals surface area contributed by atoms with Crippen molar-refractivity contribution in [2.45, 2.75) is 75.7 Å². The molecule has 7 heteroatoms. The molecular weight excluding hydrogens is 566 g/mol. The summed E-state index contributed by atoms with van der Waals surface area (Å²) in [6, 6.07) is 18.3. The number of aromatic amines is 1. The number of carbonyl (C=O) groups is 1. The van der Waals surface area contributed by atoms with Crippen molar-refractivity contribution in [2.24, 2.45) is 33.5 Å². The van der Waals surface area contributed by atoms with Gasteiger partial charge in [0.15, 0.2) is 10.9 Å². The standard InChI is InChI=1S/C37H41N3O3S/c1-33-15-12-27(41)20-35(33)18-19-37(28(21-35)31(42)26-10-8-25(9-11-26)24-6-4-3-5-7-24)29(33)13-16-34(2)30(37)14-17-36(34,43)22-44-32-38-23-39-40-32/h3-11,18-19,21,23,27,29-30,41,43H,12-17,20,22H2,1-2H3,(H,38,39,40)/t27?,29-,30-,33-,34+,35+,36-,37-/m1/s1. The Morgan fingerprint density at radius 1 is 0.932 bits per heavy atom. The van der Waals surface area contributed by atoms with Crippen molar-refractivity contribution in [3.05, 3.63) is 90.3 Å². The van der Waals surface area contributed by atoms with Crippen molar-refractivity contribution in [1.29, 1.82) is 0 Å². The van der Waals surface area contributed by atoms with Gasteiger partial charge < -0.3 is 10.2 Å².